The van der Waals surface area contributed by atoms with Crippen LogP contribution in [0.5, 0.6) is 0 Å². The molecule has 0 unspecified atom stereocenters. The van der Waals surface area contributed by atoms with E-state index in [2.05, 4.69) is 5.32 Å². The summed E-state index contributed by atoms with van der Waals surface area (Å²) in [5, 5.41) is 14.6. The molecule has 1 heterocycles. The van der Waals surface area contributed by atoms with Crippen molar-refractivity contribution in [2.24, 2.45) is 0 Å². The highest BCUT2D eigenvalue weighted by molar-refractivity contribution is 6.09. The maximum Gasteiger partial charge on any atom is 0.407 e. The zero-order valence-electron chi connectivity index (χ0n) is 18.0. The van der Waals surface area contributed by atoms with Gasteiger partial charge < -0.3 is 15.0 Å². The van der Waals surface area contributed by atoms with Gasteiger partial charge in [0, 0.05) is 36.3 Å². The first kappa shape index (κ1) is 22.3. The predicted octanol–water partition coefficient (Wildman–Crippen LogP) is 4.32. The van der Waals surface area contributed by atoms with Crippen molar-refractivity contribution in [1.29, 1.82) is 0 Å². The number of nitrogens with one attached hydrogen (secondary N) is 1. The Morgan fingerprint density at radius 1 is 1.06 bits per heavy atom. The number of benzene rings is 2. The summed E-state index contributed by atoms with van der Waals surface area (Å²) in [6, 6.07) is 13.2. The number of hydrogen-bond donors (Lipinski definition) is 1. The van der Waals surface area contributed by atoms with Gasteiger partial charge in [-0.2, -0.15) is 0 Å². The molecule has 2 aromatic carbocycles. The van der Waals surface area contributed by atoms with Crippen LogP contribution in [-0.4, -0.2) is 41.5 Å². The number of anilines is 1. The molecule has 3 rings (SSSR count). The minimum absolute atomic E-state index is 0.0518. The van der Waals surface area contributed by atoms with Crippen molar-refractivity contribution in [2.75, 3.05) is 18.0 Å². The Kier molecular flexibility index (Phi) is 6.58. The van der Waals surface area contributed by atoms with Gasteiger partial charge in [0.15, 0.2) is 5.78 Å². The van der Waals surface area contributed by atoms with Crippen molar-refractivity contribution in [2.45, 2.75) is 45.3 Å². The largest absolute Gasteiger partial charge is 0.444 e. The van der Waals surface area contributed by atoms with Crippen LogP contribution in [0, 0.1) is 10.1 Å². The lowest BCUT2D eigenvalue weighted by molar-refractivity contribution is -0.384. The smallest absolute Gasteiger partial charge is 0.407 e. The summed E-state index contributed by atoms with van der Waals surface area (Å²) in [5.74, 6) is -0.254. The molecule has 0 aliphatic carbocycles. The number of ether oxygens (including phenoxy) is 1. The highest BCUT2D eigenvalue weighted by Crippen LogP contribution is 2.32. The Bertz CT molecular complexity index is 961. The highest BCUT2D eigenvalue weighted by Gasteiger charge is 2.28. The van der Waals surface area contributed by atoms with E-state index in [4.69, 9.17) is 4.74 Å². The standard InChI is InChI=1S/C23H27N3O5/c1-23(2,3)31-22(28)24-18-11-13-25(14-12-18)19-10-9-17(15-20(19)26(29)30)21(27)16-7-5-4-6-8-16/h4-10,15,18H,11-14H2,1-3H3,(H,24,28). The van der Waals surface area contributed by atoms with Gasteiger partial charge in [0.05, 0.1) is 4.92 Å². The van der Waals surface area contributed by atoms with Crippen molar-refractivity contribution in [3.63, 3.8) is 0 Å². The molecule has 0 saturated carbocycles. The molecule has 0 aromatic heterocycles. The third-order valence-corrected chi connectivity index (χ3v) is 5.03. The van der Waals surface area contributed by atoms with Crippen LogP contribution in [-0.2, 0) is 4.74 Å². The first-order chi connectivity index (χ1) is 14.6. The van der Waals surface area contributed by atoms with E-state index in [1.807, 2.05) is 11.0 Å². The molecular weight excluding hydrogens is 398 g/mol. The van der Waals surface area contributed by atoms with Crippen LogP contribution in [0.2, 0.25) is 0 Å². The Morgan fingerprint density at radius 2 is 1.71 bits per heavy atom. The zero-order chi connectivity index (χ0) is 22.6. The number of ketones is 1. The second-order valence-corrected chi connectivity index (χ2v) is 8.56. The number of carbonyl (C=O) groups is 2. The molecule has 8 heteroatoms. The summed E-state index contributed by atoms with van der Waals surface area (Å²) >= 11 is 0. The van der Waals surface area contributed by atoms with Gasteiger partial charge in [0.2, 0.25) is 0 Å². The number of carbonyl (C=O) groups excluding carboxylic acids is 2. The molecule has 1 aliphatic rings. The molecule has 0 bridgehead atoms. The normalized spacial score (nSPS) is 14.7. The van der Waals surface area contributed by atoms with Crippen LogP contribution in [0.25, 0.3) is 0 Å². The highest BCUT2D eigenvalue weighted by atomic mass is 16.6. The molecule has 1 saturated heterocycles. The lowest BCUT2D eigenvalue weighted by Gasteiger charge is -2.34. The fourth-order valence-electron chi connectivity index (χ4n) is 3.57. The van der Waals surface area contributed by atoms with E-state index in [9.17, 15) is 19.7 Å². The summed E-state index contributed by atoms with van der Waals surface area (Å²) in [7, 11) is 0. The SMILES string of the molecule is CC(C)(C)OC(=O)NC1CCN(c2ccc(C(=O)c3ccccc3)cc2[N+](=O)[O-])CC1. The van der Waals surface area contributed by atoms with Gasteiger partial charge in [-0.3, -0.25) is 14.9 Å². The lowest BCUT2D eigenvalue weighted by Crippen LogP contribution is -2.46. The third kappa shape index (κ3) is 5.81. The number of nitro benzene ring substituents is 1. The third-order valence-electron chi connectivity index (χ3n) is 5.03. The number of amides is 1. The van der Waals surface area contributed by atoms with Crippen LogP contribution in [0.4, 0.5) is 16.2 Å². The van der Waals surface area contributed by atoms with Crippen LogP contribution < -0.4 is 10.2 Å². The molecule has 8 nitrogen and oxygen atoms in total. The van der Waals surface area contributed by atoms with Crippen molar-refractivity contribution in [3.05, 3.63) is 69.8 Å². The minimum Gasteiger partial charge on any atom is -0.444 e. The summed E-state index contributed by atoms with van der Waals surface area (Å²) in [6.45, 7) is 6.52. The summed E-state index contributed by atoms with van der Waals surface area (Å²) in [6.07, 6.45) is 0.822. The van der Waals surface area contributed by atoms with Crippen molar-refractivity contribution >= 4 is 23.3 Å². The molecule has 1 fully saturated rings. The molecule has 1 aliphatic heterocycles. The molecule has 31 heavy (non-hydrogen) atoms. The van der Waals surface area contributed by atoms with Gasteiger partial charge in [-0.15, -0.1) is 0 Å². The number of alkyl carbamates (subject to hydrolysis) is 1. The molecule has 0 radical (unpaired) electrons. The number of nitrogens with zero attached hydrogens (tertiary/aromatic N) is 2. The quantitative estimate of drug-likeness (QED) is 0.435. The summed E-state index contributed by atoms with van der Waals surface area (Å²) < 4.78 is 5.29. The van der Waals surface area contributed by atoms with Gasteiger partial charge in [0.25, 0.3) is 5.69 Å². The van der Waals surface area contributed by atoms with E-state index in [0.29, 0.717) is 37.2 Å². The lowest BCUT2D eigenvalue weighted by atomic mass is 10.0. The average molecular weight is 425 g/mol. The van der Waals surface area contributed by atoms with E-state index >= 15 is 0 Å². The van der Waals surface area contributed by atoms with E-state index in [-0.39, 0.29) is 23.1 Å². The summed E-state index contributed by atoms with van der Waals surface area (Å²) in [5.41, 5.74) is 0.581. The molecule has 0 atom stereocenters. The molecule has 1 amide bonds. The monoisotopic (exact) mass is 425 g/mol. The maximum atomic E-state index is 12.7. The van der Waals surface area contributed by atoms with Gasteiger partial charge >= 0.3 is 6.09 Å². The number of piperidine rings is 1. The molecular formula is C23H27N3O5. The van der Waals surface area contributed by atoms with Gasteiger partial charge in [-0.25, -0.2) is 4.79 Å². The Morgan fingerprint density at radius 3 is 2.29 bits per heavy atom. The Balaban J connectivity index is 1.70. The zero-order valence-corrected chi connectivity index (χ0v) is 18.0. The molecule has 164 valence electrons. The maximum absolute atomic E-state index is 12.7. The van der Waals surface area contributed by atoms with Crippen LogP contribution in [0.1, 0.15) is 49.5 Å². The van der Waals surface area contributed by atoms with Gasteiger partial charge in [-0.05, 0) is 45.7 Å². The fraction of sp³-hybridized carbons (Fsp3) is 0.391. The van der Waals surface area contributed by atoms with Gasteiger partial charge in [0.1, 0.15) is 11.3 Å². The average Bonchev–Trinajstić information content (AvgIpc) is 2.72. The van der Waals surface area contributed by atoms with Crippen molar-refractivity contribution < 1.29 is 19.2 Å². The number of nitro groups is 1. The predicted molar refractivity (Wildman–Crippen MR) is 118 cm³/mol. The second-order valence-electron chi connectivity index (χ2n) is 8.56. The minimum atomic E-state index is -0.565. The first-order valence-electron chi connectivity index (χ1n) is 10.3. The van der Waals surface area contributed by atoms with E-state index in [1.165, 1.54) is 6.07 Å². The summed E-state index contributed by atoms with van der Waals surface area (Å²) in [4.78, 5) is 37.8. The Hall–Kier alpha value is -3.42. The van der Waals surface area contributed by atoms with Crippen LogP contribution in [0.3, 0.4) is 0 Å². The van der Waals surface area contributed by atoms with Crippen molar-refractivity contribution in [3.8, 4) is 0 Å². The van der Waals surface area contributed by atoms with E-state index in [1.54, 1.807) is 57.2 Å². The van der Waals surface area contributed by atoms with Crippen molar-refractivity contribution in [1.82, 2.24) is 5.32 Å². The topological polar surface area (TPSA) is 102 Å². The van der Waals surface area contributed by atoms with E-state index < -0.39 is 16.6 Å². The Labute approximate surface area is 181 Å². The molecule has 2 aromatic rings. The van der Waals surface area contributed by atoms with E-state index in [0.717, 1.165) is 0 Å². The first-order valence-corrected chi connectivity index (χ1v) is 10.3. The van der Waals surface area contributed by atoms with Crippen LogP contribution >= 0.6 is 0 Å². The fourth-order valence-corrected chi connectivity index (χ4v) is 3.57. The van der Waals surface area contributed by atoms with Gasteiger partial charge in [-0.1, -0.05) is 30.3 Å². The number of rotatable bonds is 5. The molecule has 1 N–H and O–H groups in total. The molecule has 0 spiro atoms. The van der Waals surface area contributed by atoms with Crippen LogP contribution in [0.15, 0.2) is 48.5 Å². The second kappa shape index (κ2) is 9.16. The number of hydrogen-bond acceptors (Lipinski definition) is 6.